The van der Waals surface area contributed by atoms with E-state index in [1.54, 1.807) is 11.8 Å². The van der Waals surface area contributed by atoms with Crippen molar-refractivity contribution in [3.05, 3.63) is 51.7 Å². The summed E-state index contributed by atoms with van der Waals surface area (Å²) in [6, 6.07) is 11.0. The van der Waals surface area contributed by atoms with E-state index in [1.807, 2.05) is 18.3 Å². The van der Waals surface area contributed by atoms with Crippen molar-refractivity contribution in [3.63, 3.8) is 0 Å². The molecule has 1 amide bonds. The van der Waals surface area contributed by atoms with Gasteiger partial charge in [-0.05, 0) is 54.3 Å². The van der Waals surface area contributed by atoms with Crippen LogP contribution in [-0.2, 0) is 17.8 Å². The Hall–Kier alpha value is -1.34. The van der Waals surface area contributed by atoms with Crippen molar-refractivity contribution in [2.24, 2.45) is 5.73 Å². The van der Waals surface area contributed by atoms with Gasteiger partial charge in [0.2, 0.25) is 5.91 Å². The average Bonchev–Trinajstić information content (AvgIpc) is 3.09. The number of carbonyl (C=O) groups is 1. The lowest BCUT2D eigenvalue weighted by Crippen LogP contribution is -2.41. The second-order valence-electron chi connectivity index (χ2n) is 6.86. The summed E-state index contributed by atoms with van der Waals surface area (Å²) < 4.78 is 0. The Bertz CT molecular complexity index is 727. The molecule has 4 nitrogen and oxygen atoms in total. The van der Waals surface area contributed by atoms with Crippen molar-refractivity contribution in [2.45, 2.75) is 43.3 Å². The zero-order valence-electron chi connectivity index (χ0n) is 15.4. The molecule has 0 radical (unpaired) electrons. The molecule has 2 heterocycles. The quantitative estimate of drug-likeness (QED) is 0.713. The number of hydrogen-bond acceptors (Lipinski definition) is 5. The largest absolute Gasteiger partial charge is 0.354 e. The molecule has 0 fully saturated rings. The molecule has 2 unspecified atom stereocenters. The summed E-state index contributed by atoms with van der Waals surface area (Å²) in [4.78, 5) is 17.4. The van der Waals surface area contributed by atoms with Crippen molar-refractivity contribution >= 4 is 29.0 Å². The van der Waals surface area contributed by atoms with Gasteiger partial charge in [-0.2, -0.15) is 0 Å². The van der Waals surface area contributed by atoms with Crippen LogP contribution in [0.3, 0.4) is 0 Å². The van der Waals surface area contributed by atoms with Crippen LogP contribution in [0.25, 0.3) is 0 Å². The molecule has 0 saturated carbocycles. The first-order valence-electron chi connectivity index (χ1n) is 9.02. The Morgan fingerprint density at radius 2 is 2.12 bits per heavy atom. The van der Waals surface area contributed by atoms with Crippen molar-refractivity contribution in [2.75, 3.05) is 19.3 Å². The van der Waals surface area contributed by atoms with E-state index in [-0.39, 0.29) is 18.0 Å². The van der Waals surface area contributed by atoms with Gasteiger partial charge in [0.25, 0.3) is 0 Å². The second kappa shape index (κ2) is 9.04. The lowest BCUT2D eigenvalue weighted by atomic mass is 10.0. The molecule has 0 aliphatic carbocycles. The highest BCUT2D eigenvalue weighted by molar-refractivity contribution is 7.98. The van der Waals surface area contributed by atoms with Crippen LogP contribution in [0.1, 0.15) is 35.4 Å². The molecule has 0 saturated heterocycles. The van der Waals surface area contributed by atoms with Gasteiger partial charge in [-0.1, -0.05) is 12.1 Å². The van der Waals surface area contributed by atoms with Gasteiger partial charge in [-0.15, -0.1) is 23.1 Å². The molecule has 2 aromatic rings. The molecule has 1 aliphatic heterocycles. The fourth-order valence-electron chi connectivity index (χ4n) is 3.40. The van der Waals surface area contributed by atoms with Gasteiger partial charge in [-0.25, -0.2) is 0 Å². The number of nitrogens with two attached hydrogens (primary N) is 1. The van der Waals surface area contributed by atoms with Gasteiger partial charge in [0, 0.05) is 41.9 Å². The van der Waals surface area contributed by atoms with Crippen molar-refractivity contribution in [3.8, 4) is 0 Å². The number of fused-ring (bicyclic) bond motifs is 1. The maximum atomic E-state index is 12.1. The van der Waals surface area contributed by atoms with Crippen LogP contribution >= 0.6 is 23.1 Å². The Kier molecular flexibility index (Phi) is 6.75. The van der Waals surface area contributed by atoms with Gasteiger partial charge >= 0.3 is 0 Å². The van der Waals surface area contributed by atoms with E-state index in [9.17, 15) is 4.79 Å². The summed E-state index contributed by atoms with van der Waals surface area (Å²) in [6.07, 6.45) is 3.54. The number of rotatable bonds is 7. The highest BCUT2D eigenvalue weighted by atomic mass is 32.2. The minimum atomic E-state index is -0.113. The normalized spacial score (nSPS) is 16.7. The molecule has 2 atom stereocenters. The molecule has 26 heavy (non-hydrogen) atoms. The van der Waals surface area contributed by atoms with Crippen LogP contribution in [0, 0.1) is 0 Å². The summed E-state index contributed by atoms with van der Waals surface area (Å²) in [7, 11) is 0. The monoisotopic (exact) mass is 389 g/mol. The highest BCUT2D eigenvalue weighted by Crippen LogP contribution is 2.31. The van der Waals surface area contributed by atoms with E-state index in [2.05, 4.69) is 52.2 Å². The second-order valence-corrected chi connectivity index (χ2v) is 8.74. The standard InChI is InChI=1S/C20H27N3OS2/c1-14(21)11-20(24)22-12-18(15-3-5-17(25-2)6-4-15)23-9-7-19-16(13-23)8-10-26-19/h3-6,8,10,14,18H,7,9,11-13,21H2,1-2H3,(H,22,24). The Morgan fingerprint density at radius 1 is 1.35 bits per heavy atom. The SMILES string of the molecule is CSc1ccc(C(CNC(=O)CC(C)N)N2CCc3sccc3C2)cc1. The first-order chi connectivity index (χ1) is 12.6. The zero-order valence-corrected chi connectivity index (χ0v) is 17.0. The van der Waals surface area contributed by atoms with E-state index in [1.165, 1.54) is 20.9 Å². The molecular formula is C20H27N3OS2. The lowest BCUT2D eigenvalue weighted by Gasteiger charge is -2.35. The first kappa shape index (κ1) is 19.4. The number of benzene rings is 1. The van der Waals surface area contributed by atoms with E-state index in [4.69, 9.17) is 5.73 Å². The number of nitrogens with one attached hydrogen (secondary N) is 1. The number of nitrogens with zero attached hydrogens (tertiary/aromatic N) is 1. The van der Waals surface area contributed by atoms with Gasteiger partial charge < -0.3 is 11.1 Å². The molecule has 3 N–H and O–H groups in total. The predicted molar refractivity (Wildman–Crippen MR) is 111 cm³/mol. The van der Waals surface area contributed by atoms with Crippen LogP contribution in [0.2, 0.25) is 0 Å². The van der Waals surface area contributed by atoms with Crippen molar-refractivity contribution in [1.29, 1.82) is 0 Å². The third-order valence-electron chi connectivity index (χ3n) is 4.78. The van der Waals surface area contributed by atoms with Gasteiger partial charge in [0.05, 0.1) is 6.04 Å². The molecule has 0 bridgehead atoms. The van der Waals surface area contributed by atoms with Crippen LogP contribution in [0.5, 0.6) is 0 Å². The molecule has 140 valence electrons. The maximum Gasteiger partial charge on any atom is 0.221 e. The van der Waals surface area contributed by atoms with Gasteiger partial charge in [0.15, 0.2) is 0 Å². The highest BCUT2D eigenvalue weighted by Gasteiger charge is 2.26. The van der Waals surface area contributed by atoms with E-state index < -0.39 is 0 Å². The van der Waals surface area contributed by atoms with Crippen molar-refractivity contribution in [1.82, 2.24) is 10.2 Å². The van der Waals surface area contributed by atoms with Crippen LogP contribution < -0.4 is 11.1 Å². The maximum absolute atomic E-state index is 12.1. The minimum Gasteiger partial charge on any atom is -0.354 e. The molecule has 0 spiro atoms. The predicted octanol–water partition coefficient (Wildman–Crippen LogP) is 3.42. The zero-order chi connectivity index (χ0) is 18.5. The Labute approximate surface area is 164 Å². The number of hydrogen-bond donors (Lipinski definition) is 2. The summed E-state index contributed by atoms with van der Waals surface area (Å²) in [5.41, 5.74) is 8.43. The van der Waals surface area contributed by atoms with Crippen LogP contribution in [0.15, 0.2) is 40.6 Å². The molecule has 1 aromatic heterocycles. The van der Waals surface area contributed by atoms with E-state index in [0.717, 1.165) is 19.5 Å². The van der Waals surface area contributed by atoms with Gasteiger partial charge in [0.1, 0.15) is 0 Å². The van der Waals surface area contributed by atoms with E-state index in [0.29, 0.717) is 13.0 Å². The number of carbonyl (C=O) groups excluding carboxylic acids is 1. The summed E-state index contributed by atoms with van der Waals surface area (Å²) in [6.45, 7) is 4.44. The molecule has 1 aromatic carbocycles. The summed E-state index contributed by atoms with van der Waals surface area (Å²) >= 11 is 3.60. The average molecular weight is 390 g/mol. The van der Waals surface area contributed by atoms with Crippen LogP contribution in [0.4, 0.5) is 0 Å². The van der Waals surface area contributed by atoms with E-state index >= 15 is 0 Å². The lowest BCUT2D eigenvalue weighted by molar-refractivity contribution is -0.121. The summed E-state index contributed by atoms with van der Waals surface area (Å²) in [5.74, 6) is 0.0268. The third kappa shape index (κ3) is 4.88. The summed E-state index contributed by atoms with van der Waals surface area (Å²) in [5, 5.41) is 5.27. The first-order valence-corrected chi connectivity index (χ1v) is 11.1. The van der Waals surface area contributed by atoms with Gasteiger partial charge in [-0.3, -0.25) is 9.69 Å². The minimum absolute atomic E-state index is 0.0268. The number of thioether (sulfide) groups is 1. The number of amides is 1. The Balaban J connectivity index is 1.75. The molecule has 6 heteroatoms. The topological polar surface area (TPSA) is 58.4 Å². The fourth-order valence-corrected chi connectivity index (χ4v) is 4.69. The van der Waals surface area contributed by atoms with Crippen molar-refractivity contribution < 1.29 is 4.79 Å². The molecule has 3 rings (SSSR count). The Morgan fingerprint density at radius 3 is 2.81 bits per heavy atom. The number of thiophene rings is 1. The van der Waals surface area contributed by atoms with Crippen LogP contribution in [-0.4, -0.2) is 36.2 Å². The molecule has 1 aliphatic rings. The fraction of sp³-hybridized carbons (Fsp3) is 0.450. The third-order valence-corrected chi connectivity index (χ3v) is 6.55. The molecular weight excluding hydrogens is 362 g/mol. The smallest absolute Gasteiger partial charge is 0.221 e.